The molecule has 3 unspecified atom stereocenters. The minimum atomic E-state index is -0.987. The largest absolute Gasteiger partial charge is 0.383 e. The van der Waals surface area contributed by atoms with E-state index >= 15 is 0 Å². The number of nitrogens with one attached hydrogen (secondary N) is 1. The molecule has 3 atom stereocenters. The molecule has 0 spiro atoms. The Hall–Kier alpha value is -2.19. The van der Waals surface area contributed by atoms with Crippen molar-refractivity contribution in [2.75, 3.05) is 5.75 Å². The molecule has 0 saturated carbocycles. The summed E-state index contributed by atoms with van der Waals surface area (Å²) in [5, 5.41) is 26.1. The van der Waals surface area contributed by atoms with E-state index in [9.17, 15) is 9.90 Å². The van der Waals surface area contributed by atoms with Gasteiger partial charge in [-0.15, -0.1) is 11.8 Å². The first-order chi connectivity index (χ1) is 13.1. The fourth-order valence-electron chi connectivity index (χ4n) is 4.70. The van der Waals surface area contributed by atoms with E-state index in [0.29, 0.717) is 18.5 Å². The monoisotopic (exact) mass is 383 g/mol. The predicted octanol–water partition coefficient (Wildman–Crippen LogP) is 1.94. The molecule has 2 saturated heterocycles. The average Bonchev–Trinajstić information content (AvgIpc) is 3.41. The summed E-state index contributed by atoms with van der Waals surface area (Å²) in [6.07, 6.45) is 10.3. The molecule has 2 bridgehead atoms. The smallest absolute Gasteiger partial charge is 0.230 e. The van der Waals surface area contributed by atoms with Gasteiger partial charge in [0.2, 0.25) is 5.91 Å². The first kappa shape index (κ1) is 16.9. The molecule has 0 radical (unpaired) electrons. The molecule has 7 nitrogen and oxygen atoms in total. The van der Waals surface area contributed by atoms with Gasteiger partial charge >= 0.3 is 0 Å². The fraction of sp³-hybridized carbons (Fsp3) is 0.474. The number of aromatic nitrogens is 4. The molecule has 2 N–H and O–H groups in total. The van der Waals surface area contributed by atoms with Gasteiger partial charge in [-0.1, -0.05) is 6.08 Å². The van der Waals surface area contributed by atoms with Gasteiger partial charge < -0.3 is 10.0 Å². The van der Waals surface area contributed by atoms with Crippen LogP contribution in [0.3, 0.4) is 0 Å². The second kappa shape index (κ2) is 6.45. The number of nitrogens with zero attached hydrogens (tertiary/aromatic N) is 4. The molecule has 5 rings (SSSR count). The Kier molecular flexibility index (Phi) is 4.05. The molecular formula is C19H21N5O2S. The number of aliphatic hydroxyl groups is 1. The van der Waals surface area contributed by atoms with E-state index in [1.165, 1.54) is 0 Å². The Morgan fingerprint density at radius 2 is 2.15 bits per heavy atom. The first-order valence-corrected chi connectivity index (χ1v) is 10.3. The van der Waals surface area contributed by atoms with E-state index in [-0.39, 0.29) is 23.9 Å². The second-order valence-electron chi connectivity index (χ2n) is 7.61. The normalized spacial score (nSPS) is 32.6. The summed E-state index contributed by atoms with van der Waals surface area (Å²) in [6.45, 7) is 0. The lowest BCUT2D eigenvalue weighted by Crippen LogP contribution is -2.53. The van der Waals surface area contributed by atoms with Crippen LogP contribution in [0.5, 0.6) is 0 Å². The molecule has 2 fully saturated rings. The van der Waals surface area contributed by atoms with Crippen LogP contribution < -0.4 is 0 Å². The summed E-state index contributed by atoms with van der Waals surface area (Å²) >= 11 is 1.71. The van der Waals surface area contributed by atoms with Crippen LogP contribution in [0.4, 0.5) is 0 Å². The van der Waals surface area contributed by atoms with Gasteiger partial charge in [-0.25, -0.2) is 0 Å². The molecule has 0 aliphatic carbocycles. The van der Waals surface area contributed by atoms with Crippen LogP contribution in [0.25, 0.3) is 4.91 Å². The van der Waals surface area contributed by atoms with Crippen molar-refractivity contribution in [1.82, 2.24) is 25.3 Å². The highest BCUT2D eigenvalue weighted by Crippen LogP contribution is 2.47. The van der Waals surface area contributed by atoms with Crippen molar-refractivity contribution in [2.45, 2.75) is 43.4 Å². The van der Waals surface area contributed by atoms with Gasteiger partial charge in [-0.3, -0.25) is 9.89 Å². The van der Waals surface area contributed by atoms with Gasteiger partial charge in [0.15, 0.2) is 0 Å². The van der Waals surface area contributed by atoms with Crippen LogP contribution in [0.2, 0.25) is 0 Å². The summed E-state index contributed by atoms with van der Waals surface area (Å²) in [7, 11) is 0. The highest BCUT2D eigenvalue weighted by atomic mass is 32.2. The van der Waals surface area contributed by atoms with E-state index in [1.807, 2.05) is 17.2 Å². The number of fused-ring (bicyclic) bond motifs is 2. The zero-order chi connectivity index (χ0) is 18.4. The maximum atomic E-state index is 13.3. The number of thioether (sulfide) groups is 1. The van der Waals surface area contributed by atoms with Crippen molar-refractivity contribution in [3.8, 4) is 0 Å². The number of aromatic amines is 1. The Bertz CT molecular complexity index is 855. The third-order valence-corrected chi connectivity index (χ3v) is 7.15. The zero-order valence-electron chi connectivity index (χ0n) is 14.8. The Morgan fingerprint density at radius 3 is 2.81 bits per heavy atom. The second-order valence-corrected chi connectivity index (χ2v) is 8.68. The number of hydrogen-bond acceptors (Lipinski definition) is 6. The van der Waals surface area contributed by atoms with Gasteiger partial charge in [0, 0.05) is 53.5 Å². The van der Waals surface area contributed by atoms with Crippen molar-refractivity contribution in [2.24, 2.45) is 5.92 Å². The van der Waals surface area contributed by atoms with E-state index in [2.05, 4.69) is 26.5 Å². The molecule has 3 aliphatic rings. The lowest BCUT2D eigenvalue weighted by atomic mass is 9.83. The number of carbonyl (C=O) groups excluding carboxylic acids is 1. The maximum Gasteiger partial charge on any atom is 0.230 e. The quantitative estimate of drug-likeness (QED) is 0.841. The highest BCUT2D eigenvalue weighted by Gasteiger charge is 2.51. The van der Waals surface area contributed by atoms with Crippen LogP contribution in [0.1, 0.15) is 36.9 Å². The van der Waals surface area contributed by atoms with Gasteiger partial charge in [0.1, 0.15) is 5.60 Å². The van der Waals surface area contributed by atoms with E-state index < -0.39 is 5.60 Å². The number of amides is 1. The van der Waals surface area contributed by atoms with E-state index in [0.717, 1.165) is 29.1 Å². The third kappa shape index (κ3) is 2.87. The van der Waals surface area contributed by atoms with E-state index in [1.54, 1.807) is 30.2 Å². The maximum absolute atomic E-state index is 13.3. The zero-order valence-corrected chi connectivity index (χ0v) is 15.6. The van der Waals surface area contributed by atoms with E-state index in [4.69, 9.17) is 0 Å². The Morgan fingerprint density at radius 1 is 1.33 bits per heavy atom. The van der Waals surface area contributed by atoms with Crippen LogP contribution in [0, 0.1) is 5.92 Å². The van der Waals surface area contributed by atoms with Gasteiger partial charge in [-0.2, -0.15) is 15.3 Å². The summed E-state index contributed by atoms with van der Waals surface area (Å²) < 4.78 is 0. The molecule has 8 heteroatoms. The van der Waals surface area contributed by atoms with Gasteiger partial charge in [-0.05, 0) is 25.0 Å². The molecule has 2 aromatic heterocycles. The van der Waals surface area contributed by atoms with Crippen molar-refractivity contribution in [3.63, 3.8) is 0 Å². The van der Waals surface area contributed by atoms with Crippen molar-refractivity contribution in [3.05, 3.63) is 48.1 Å². The Balaban J connectivity index is 1.35. The van der Waals surface area contributed by atoms with Crippen molar-refractivity contribution >= 4 is 22.6 Å². The molecule has 2 aromatic rings. The number of hydrogen-bond donors (Lipinski definition) is 2. The standard InChI is InChI=1S/C19H21N5O2S/c25-18(12-6-16(27-11-12)13-9-21-22-10-13)24-14-3-4-15(24)8-19(26,7-14)17-2-1-5-20-23-17/h1-2,5-6,9-10,12,14-15,26H,3-4,7-8,11H2,(H,21,22). The predicted molar refractivity (Wildman–Crippen MR) is 101 cm³/mol. The minimum Gasteiger partial charge on any atom is -0.383 e. The molecule has 5 heterocycles. The Labute approximate surface area is 161 Å². The van der Waals surface area contributed by atoms with Crippen molar-refractivity contribution < 1.29 is 9.90 Å². The molecule has 1 amide bonds. The molecule has 27 heavy (non-hydrogen) atoms. The van der Waals surface area contributed by atoms with Crippen LogP contribution >= 0.6 is 11.8 Å². The van der Waals surface area contributed by atoms with Crippen molar-refractivity contribution in [1.29, 1.82) is 0 Å². The molecular weight excluding hydrogens is 362 g/mol. The fourth-order valence-corrected chi connectivity index (χ4v) is 5.84. The number of H-pyrrole nitrogens is 1. The van der Waals surface area contributed by atoms with Gasteiger partial charge in [0.05, 0.1) is 17.8 Å². The van der Waals surface area contributed by atoms with Crippen LogP contribution in [-0.2, 0) is 10.4 Å². The third-order valence-electron chi connectivity index (χ3n) is 5.94. The molecule has 3 aliphatic heterocycles. The topological polar surface area (TPSA) is 95.0 Å². The lowest BCUT2D eigenvalue weighted by molar-refractivity contribution is -0.144. The highest BCUT2D eigenvalue weighted by molar-refractivity contribution is 8.08. The lowest BCUT2D eigenvalue weighted by Gasteiger charge is -2.44. The molecule has 140 valence electrons. The number of rotatable bonds is 3. The van der Waals surface area contributed by atoms with Gasteiger partial charge in [0.25, 0.3) is 0 Å². The first-order valence-electron chi connectivity index (χ1n) is 9.30. The average molecular weight is 383 g/mol. The summed E-state index contributed by atoms with van der Waals surface area (Å²) in [4.78, 5) is 16.4. The minimum absolute atomic E-state index is 0.0691. The SMILES string of the molecule is O=C(C1C=C(c2cn[nH]c2)SC1)N1C2CCC1CC(O)(c1cccnn1)C2. The summed E-state index contributed by atoms with van der Waals surface area (Å²) in [5.41, 5.74) is 0.667. The number of piperidine rings is 1. The van der Waals surface area contributed by atoms with Crippen LogP contribution in [-0.4, -0.2) is 54.1 Å². The number of carbonyl (C=O) groups is 1. The summed E-state index contributed by atoms with van der Waals surface area (Å²) in [6, 6.07) is 3.77. The summed E-state index contributed by atoms with van der Waals surface area (Å²) in [5.74, 6) is 0.851. The van der Waals surface area contributed by atoms with Crippen LogP contribution in [0.15, 0.2) is 36.8 Å². The molecule has 0 aromatic carbocycles.